The zero-order chi connectivity index (χ0) is 13.7. The second kappa shape index (κ2) is 7.01. The first kappa shape index (κ1) is 15.3. The van der Waals surface area contributed by atoms with E-state index in [0.717, 1.165) is 34.9 Å². The molecule has 0 bridgehead atoms. The summed E-state index contributed by atoms with van der Waals surface area (Å²) in [4.78, 5) is 0. The Morgan fingerprint density at radius 3 is 2.28 bits per heavy atom. The monoisotopic (exact) mass is 269 g/mol. The molecule has 3 heteroatoms. The maximum absolute atomic E-state index is 6.14. The average Bonchev–Trinajstić information content (AvgIpc) is 2.32. The highest BCUT2D eigenvalue weighted by Gasteiger charge is 2.08. The van der Waals surface area contributed by atoms with Gasteiger partial charge in [0.15, 0.2) is 0 Å². The minimum Gasteiger partial charge on any atom is -0.489 e. The van der Waals surface area contributed by atoms with Gasteiger partial charge in [-0.05, 0) is 57.4 Å². The van der Waals surface area contributed by atoms with Gasteiger partial charge in [-0.2, -0.15) is 0 Å². The summed E-state index contributed by atoms with van der Waals surface area (Å²) >= 11 is 6.14. The van der Waals surface area contributed by atoms with E-state index in [-0.39, 0.29) is 6.10 Å². The standard InChI is InChI=1S/C15H24ClNO/c1-6-12(4)17-9-13(5)18-14-7-10(2)15(16)11(3)8-14/h7-8,12-13,17H,6,9H2,1-5H3. The molecule has 2 nitrogen and oxygen atoms in total. The quantitative estimate of drug-likeness (QED) is 0.839. The molecule has 0 saturated carbocycles. The smallest absolute Gasteiger partial charge is 0.120 e. The van der Waals surface area contributed by atoms with Crippen LogP contribution in [0.5, 0.6) is 5.75 Å². The van der Waals surface area contributed by atoms with Crippen molar-refractivity contribution in [1.29, 1.82) is 0 Å². The van der Waals surface area contributed by atoms with Gasteiger partial charge in [-0.3, -0.25) is 0 Å². The summed E-state index contributed by atoms with van der Waals surface area (Å²) in [5.74, 6) is 0.896. The van der Waals surface area contributed by atoms with Gasteiger partial charge in [-0.1, -0.05) is 18.5 Å². The lowest BCUT2D eigenvalue weighted by atomic mass is 10.1. The summed E-state index contributed by atoms with van der Waals surface area (Å²) in [5.41, 5.74) is 2.13. The van der Waals surface area contributed by atoms with E-state index in [1.54, 1.807) is 0 Å². The maximum atomic E-state index is 6.14. The molecule has 0 aliphatic carbocycles. The Labute approximate surface area is 116 Å². The zero-order valence-electron chi connectivity index (χ0n) is 12.0. The van der Waals surface area contributed by atoms with Gasteiger partial charge in [0.1, 0.15) is 11.9 Å². The fourth-order valence-electron chi connectivity index (χ4n) is 1.76. The minimum atomic E-state index is 0.152. The van der Waals surface area contributed by atoms with E-state index in [2.05, 4.69) is 26.1 Å². The van der Waals surface area contributed by atoms with Gasteiger partial charge in [-0.15, -0.1) is 0 Å². The third kappa shape index (κ3) is 4.51. The van der Waals surface area contributed by atoms with Crippen LogP contribution in [-0.2, 0) is 0 Å². The average molecular weight is 270 g/mol. The van der Waals surface area contributed by atoms with Gasteiger partial charge in [-0.25, -0.2) is 0 Å². The molecule has 1 N–H and O–H groups in total. The third-order valence-electron chi connectivity index (χ3n) is 3.11. The van der Waals surface area contributed by atoms with Crippen LogP contribution in [0.2, 0.25) is 5.02 Å². The Bertz CT molecular complexity index is 369. The van der Waals surface area contributed by atoms with Crippen molar-refractivity contribution in [2.45, 2.75) is 53.2 Å². The van der Waals surface area contributed by atoms with Gasteiger partial charge >= 0.3 is 0 Å². The number of nitrogens with one attached hydrogen (secondary N) is 1. The highest BCUT2D eigenvalue weighted by atomic mass is 35.5. The molecule has 1 rings (SSSR count). The first-order valence-electron chi connectivity index (χ1n) is 6.60. The predicted octanol–water partition coefficient (Wildman–Crippen LogP) is 4.11. The Kier molecular flexibility index (Phi) is 5.97. The number of halogens is 1. The Balaban J connectivity index is 2.57. The largest absolute Gasteiger partial charge is 0.489 e. The van der Waals surface area contributed by atoms with Gasteiger partial charge in [0.05, 0.1) is 0 Å². The van der Waals surface area contributed by atoms with Crippen LogP contribution in [0.4, 0.5) is 0 Å². The van der Waals surface area contributed by atoms with Crippen LogP contribution in [0.15, 0.2) is 12.1 Å². The minimum absolute atomic E-state index is 0.152. The summed E-state index contributed by atoms with van der Waals surface area (Å²) in [5, 5.41) is 4.27. The van der Waals surface area contributed by atoms with Crippen molar-refractivity contribution in [2.24, 2.45) is 0 Å². The van der Waals surface area contributed by atoms with Crippen molar-refractivity contribution in [3.63, 3.8) is 0 Å². The molecule has 0 spiro atoms. The van der Waals surface area contributed by atoms with Crippen LogP contribution in [0.3, 0.4) is 0 Å². The summed E-state index contributed by atoms with van der Waals surface area (Å²) < 4.78 is 5.90. The summed E-state index contributed by atoms with van der Waals surface area (Å²) in [6.45, 7) is 11.3. The number of ether oxygens (including phenoxy) is 1. The molecule has 1 aromatic carbocycles. The maximum Gasteiger partial charge on any atom is 0.120 e. The normalized spacial score (nSPS) is 14.3. The SMILES string of the molecule is CCC(C)NCC(C)Oc1cc(C)c(Cl)c(C)c1. The molecule has 0 saturated heterocycles. The van der Waals surface area contributed by atoms with E-state index in [1.165, 1.54) is 0 Å². The second-order valence-corrected chi connectivity index (χ2v) is 5.40. The first-order chi connectivity index (χ1) is 8.43. The van der Waals surface area contributed by atoms with E-state index in [9.17, 15) is 0 Å². The van der Waals surface area contributed by atoms with Crippen molar-refractivity contribution >= 4 is 11.6 Å². The number of rotatable bonds is 6. The molecule has 0 fully saturated rings. The van der Waals surface area contributed by atoms with Crippen LogP contribution in [0.25, 0.3) is 0 Å². The van der Waals surface area contributed by atoms with Crippen LogP contribution in [0.1, 0.15) is 38.3 Å². The topological polar surface area (TPSA) is 21.3 Å². The van der Waals surface area contributed by atoms with E-state index < -0.39 is 0 Å². The van der Waals surface area contributed by atoms with Gasteiger partial charge in [0, 0.05) is 17.6 Å². The predicted molar refractivity (Wildman–Crippen MR) is 78.8 cm³/mol. The third-order valence-corrected chi connectivity index (χ3v) is 3.71. The van der Waals surface area contributed by atoms with Gasteiger partial charge in [0.2, 0.25) is 0 Å². The lowest BCUT2D eigenvalue weighted by molar-refractivity contribution is 0.212. The fraction of sp³-hybridized carbons (Fsp3) is 0.600. The van der Waals surface area contributed by atoms with Crippen LogP contribution in [-0.4, -0.2) is 18.7 Å². The summed E-state index contributed by atoms with van der Waals surface area (Å²) in [6.07, 6.45) is 1.28. The zero-order valence-corrected chi connectivity index (χ0v) is 12.8. The Hall–Kier alpha value is -0.730. The van der Waals surface area contributed by atoms with E-state index >= 15 is 0 Å². The molecule has 2 unspecified atom stereocenters. The van der Waals surface area contributed by atoms with E-state index in [0.29, 0.717) is 6.04 Å². The molecule has 18 heavy (non-hydrogen) atoms. The van der Waals surface area contributed by atoms with Crippen molar-refractivity contribution < 1.29 is 4.74 Å². The molecule has 0 heterocycles. The van der Waals surface area contributed by atoms with Crippen molar-refractivity contribution in [1.82, 2.24) is 5.32 Å². The molecule has 1 aromatic rings. The number of hydrogen-bond donors (Lipinski definition) is 1. The van der Waals surface area contributed by atoms with Crippen molar-refractivity contribution in [3.8, 4) is 5.75 Å². The van der Waals surface area contributed by atoms with E-state index in [1.807, 2.05) is 26.0 Å². The fourth-order valence-corrected chi connectivity index (χ4v) is 1.87. The van der Waals surface area contributed by atoms with Crippen LogP contribution in [0, 0.1) is 13.8 Å². The van der Waals surface area contributed by atoms with Gasteiger partial charge in [0.25, 0.3) is 0 Å². The summed E-state index contributed by atoms with van der Waals surface area (Å²) in [7, 11) is 0. The molecule has 0 aliphatic rings. The van der Waals surface area contributed by atoms with Gasteiger partial charge < -0.3 is 10.1 Å². The molecule has 102 valence electrons. The molecule has 0 amide bonds. The molecular weight excluding hydrogens is 246 g/mol. The number of benzene rings is 1. The van der Waals surface area contributed by atoms with Crippen LogP contribution >= 0.6 is 11.6 Å². The lowest BCUT2D eigenvalue weighted by Crippen LogP contribution is -2.34. The Morgan fingerprint density at radius 2 is 1.78 bits per heavy atom. The lowest BCUT2D eigenvalue weighted by Gasteiger charge is -2.19. The Morgan fingerprint density at radius 1 is 1.22 bits per heavy atom. The van der Waals surface area contributed by atoms with E-state index in [4.69, 9.17) is 16.3 Å². The molecule has 2 atom stereocenters. The number of hydrogen-bond acceptors (Lipinski definition) is 2. The molecular formula is C15H24ClNO. The second-order valence-electron chi connectivity index (χ2n) is 5.02. The van der Waals surface area contributed by atoms with Crippen LogP contribution < -0.4 is 10.1 Å². The van der Waals surface area contributed by atoms with Crippen molar-refractivity contribution in [3.05, 3.63) is 28.3 Å². The highest BCUT2D eigenvalue weighted by Crippen LogP contribution is 2.26. The summed E-state index contributed by atoms with van der Waals surface area (Å²) in [6, 6.07) is 4.52. The van der Waals surface area contributed by atoms with Crippen molar-refractivity contribution in [2.75, 3.05) is 6.54 Å². The highest BCUT2D eigenvalue weighted by molar-refractivity contribution is 6.32. The molecule has 0 radical (unpaired) electrons. The first-order valence-corrected chi connectivity index (χ1v) is 6.98. The molecule has 0 aromatic heterocycles. The molecule has 0 aliphatic heterocycles. The number of aryl methyl sites for hydroxylation is 2.